The molecule has 0 heterocycles. The van der Waals surface area contributed by atoms with Crippen molar-refractivity contribution in [1.29, 1.82) is 0 Å². The maximum absolute atomic E-state index is 11.6. The topological polar surface area (TPSA) is 82.9 Å². The van der Waals surface area contributed by atoms with E-state index in [0.29, 0.717) is 10.0 Å². The van der Waals surface area contributed by atoms with E-state index in [9.17, 15) is 9.59 Å². The van der Waals surface area contributed by atoms with Gasteiger partial charge in [0.05, 0.1) is 12.4 Å². The summed E-state index contributed by atoms with van der Waals surface area (Å²) in [5, 5.41) is 8.88. The standard InChI is InChI=1S/C18H16Cl2N4O2/c19-15-5-1-13(2-6-15)11-21-23-17(25)9-10-18(26)24-22-12-14-3-7-16(20)8-4-14/h1-8,11-12H,9-10H2,(H,23,25)(H,24,26)/b21-11-,22-12-. The molecule has 26 heavy (non-hydrogen) atoms. The minimum atomic E-state index is -0.368. The van der Waals surface area contributed by atoms with E-state index in [0.717, 1.165) is 11.1 Å². The first kappa shape index (κ1) is 19.6. The summed E-state index contributed by atoms with van der Waals surface area (Å²) in [4.78, 5) is 23.3. The van der Waals surface area contributed by atoms with Crippen LogP contribution in [0.3, 0.4) is 0 Å². The van der Waals surface area contributed by atoms with Gasteiger partial charge in [-0.3, -0.25) is 9.59 Å². The second-order valence-electron chi connectivity index (χ2n) is 5.19. The van der Waals surface area contributed by atoms with Crippen LogP contribution >= 0.6 is 23.2 Å². The molecule has 0 saturated carbocycles. The third-order valence-electron chi connectivity index (χ3n) is 3.12. The van der Waals surface area contributed by atoms with Crippen LogP contribution in [0.5, 0.6) is 0 Å². The Morgan fingerprint density at radius 2 is 1.08 bits per heavy atom. The highest BCUT2D eigenvalue weighted by Crippen LogP contribution is 2.08. The molecular weight excluding hydrogens is 375 g/mol. The van der Waals surface area contributed by atoms with Gasteiger partial charge < -0.3 is 0 Å². The summed E-state index contributed by atoms with van der Waals surface area (Å²) in [5.41, 5.74) is 6.30. The van der Waals surface area contributed by atoms with Gasteiger partial charge in [-0.05, 0) is 35.4 Å². The summed E-state index contributed by atoms with van der Waals surface area (Å²) in [7, 11) is 0. The van der Waals surface area contributed by atoms with Crippen molar-refractivity contribution in [2.24, 2.45) is 10.2 Å². The summed E-state index contributed by atoms with van der Waals surface area (Å²) in [6, 6.07) is 14.0. The third kappa shape index (κ3) is 7.46. The van der Waals surface area contributed by atoms with Crippen molar-refractivity contribution in [3.05, 3.63) is 69.7 Å². The lowest BCUT2D eigenvalue weighted by atomic mass is 10.2. The maximum Gasteiger partial charge on any atom is 0.240 e. The van der Waals surface area contributed by atoms with Gasteiger partial charge in [0.15, 0.2) is 0 Å². The molecule has 6 nitrogen and oxygen atoms in total. The first-order valence-corrected chi connectivity index (χ1v) is 8.43. The van der Waals surface area contributed by atoms with E-state index in [2.05, 4.69) is 21.1 Å². The van der Waals surface area contributed by atoms with Gasteiger partial charge in [-0.1, -0.05) is 47.5 Å². The van der Waals surface area contributed by atoms with Crippen LogP contribution in [0.4, 0.5) is 0 Å². The second kappa shape index (κ2) is 10.3. The summed E-state index contributed by atoms with van der Waals surface area (Å²) in [6.07, 6.45) is 2.98. The minimum Gasteiger partial charge on any atom is -0.273 e. The van der Waals surface area contributed by atoms with Crippen LogP contribution in [0.1, 0.15) is 24.0 Å². The van der Waals surface area contributed by atoms with Crippen molar-refractivity contribution in [3.8, 4) is 0 Å². The fourth-order valence-corrected chi connectivity index (χ4v) is 2.05. The van der Waals surface area contributed by atoms with Crippen LogP contribution in [-0.2, 0) is 9.59 Å². The molecule has 2 rings (SSSR count). The van der Waals surface area contributed by atoms with E-state index in [1.54, 1.807) is 48.5 Å². The molecule has 0 unspecified atom stereocenters. The Kier molecular flexibility index (Phi) is 7.79. The van der Waals surface area contributed by atoms with Gasteiger partial charge in [-0.2, -0.15) is 10.2 Å². The average Bonchev–Trinajstić information content (AvgIpc) is 2.63. The number of carbonyl (C=O) groups excluding carboxylic acids is 2. The van der Waals surface area contributed by atoms with Crippen LogP contribution < -0.4 is 10.9 Å². The molecule has 0 radical (unpaired) electrons. The zero-order valence-corrected chi connectivity index (χ0v) is 15.2. The number of benzene rings is 2. The molecule has 0 spiro atoms. The Bertz CT molecular complexity index is 733. The monoisotopic (exact) mass is 390 g/mol. The summed E-state index contributed by atoms with van der Waals surface area (Å²) < 4.78 is 0. The van der Waals surface area contributed by atoms with E-state index in [4.69, 9.17) is 23.2 Å². The number of amides is 2. The lowest BCUT2D eigenvalue weighted by molar-refractivity contribution is -0.126. The van der Waals surface area contributed by atoms with Gasteiger partial charge in [-0.15, -0.1) is 0 Å². The minimum absolute atomic E-state index is 0.000254. The van der Waals surface area contributed by atoms with E-state index in [1.165, 1.54) is 12.4 Å². The maximum atomic E-state index is 11.6. The van der Waals surface area contributed by atoms with Crippen molar-refractivity contribution in [1.82, 2.24) is 10.9 Å². The number of hydrogen-bond donors (Lipinski definition) is 2. The van der Waals surface area contributed by atoms with E-state index < -0.39 is 0 Å². The van der Waals surface area contributed by atoms with Crippen molar-refractivity contribution < 1.29 is 9.59 Å². The van der Waals surface area contributed by atoms with E-state index >= 15 is 0 Å². The van der Waals surface area contributed by atoms with Crippen molar-refractivity contribution in [3.63, 3.8) is 0 Å². The number of nitrogens with zero attached hydrogens (tertiary/aromatic N) is 2. The van der Waals surface area contributed by atoms with Crippen molar-refractivity contribution >= 4 is 47.4 Å². The predicted octanol–water partition coefficient (Wildman–Crippen LogP) is 3.37. The Balaban J connectivity index is 1.67. The molecule has 2 aromatic rings. The third-order valence-corrected chi connectivity index (χ3v) is 3.63. The molecule has 2 N–H and O–H groups in total. The van der Waals surface area contributed by atoms with Crippen molar-refractivity contribution in [2.45, 2.75) is 12.8 Å². The molecule has 0 aliphatic carbocycles. The highest BCUT2D eigenvalue weighted by molar-refractivity contribution is 6.30. The number of hydrazone groups is 2. The largest absolute Gasteiger partial charge is 0.273 e. The normalized spacial score (nSPS) is 11.0. The number of nitrogens with one attached hydrogen (secondary N) is 2. The first-order valence-electron chi connectivity index (χ1n) is 7.68. The zero-order valence-electron chi connectivity index (χ0n) is 13.7. The molecule has 0 fully saturated rings. The molecule has 0 aromatic heterocycles. The summed E-state index contributed by atoms with van der Waals surface area (Å²) in [5.74, 6) is -0.737. The Morgan fingerprint density at radius 1 is 0.731 bits per heavy atom. The van der Waals surface area contributed by atoms with Crippen LogP contribution in [0, 0.1) is 0 Å². The highest BCUT2D eigenvalue weighted by atomic mass is 35.5. The van der Waals surface area contributed by atoms with E-state index in [1.807, 2.05) is 0 Å². The Morgan fingerprint density at radius 3 is 1.42 bits per heavy atom. The SMILES string of the molecule is O=C(CCC(=O)N/N=C\c1ccc(Cl)cc1)N/N=C\c1ccc(Cl)cc1. The van der Waals surface area contributed by atoms with Gasteiger partial charge in [0, 0.05) is 22.9 Å². The quantitative estimate of drug-likeness (QED) is 0.560. The van der Waals surface area contributed by atoms with Crippen LogP contribution in [0.2, 0.25) is 10.0 Å². The molecule has 134 valence electrons. The van der Waals surface area contributed by atoms with Crippen LogP contribution in [0.25, 0.3) is 0 Å². The van der Waals surface area contributed by atoms with E-state index in [-0.39, 0.29) is 24.7 Å². The highest BCUT2D eigenvalue weighted by Gasteiger charge is 2.05. The molecule has 0 atom stereocenters. The zero-order chi connectivity index (χ0) is 18.8. The fourth-order valence-electron chi connectivity index (χ4n) is 1.79. The van der Waals surface area contributed by atoms with Gasteiger partial charge in [0.25, 0.3) is 0 Å². The predicted molar refractivity (Wildman–Crippen MR) is 104 cm³/mol. The lowest BCUT2D eigenvalue weighted by Crippen LogP contribution is -2.22. The molecule has 2 aromatic carbocycles. The molecule has 0 bridgehead atoms. The number of carbonyl (C=O) groups is 2. The van der Waals surface area contributed by atoms with Gasteiger partial charge >= 0.3 is 0 Å². The first-order chi connectivity index (χ1) is 12.5. The van der Waals surface area contributed by atoms with Gasteiger partial charge in [-0.25, -0.2) is 10.9 Å². The smallest absolute Gasteiger partial charge is 0.240 e. The Labute approximate surface area is 160 Å². The molecule has 8 heteroatoms. The molecular formula is C18H16Cl2N4O2. The number of halogens is 2. The summed E-state index contributed by atoms with van der Waals surface area (Å²) in [6.45, 7) is 0. The Hall–Kier alpha value is -2.70. The lowest BCUT2D eigenvalue weighted by Gasteiger charge is -2.00. The van der Waals surface area contributed by atoms with Gasteiger partial charge in [0.2, 0.25) is 11.8 Å². The molecule has 0 aliphatic heterocycles. The number of rotatable bonds is 7. The van der Waals surface area contributed by atoms with Crippen LogP contribution in [0.15, 0.2) is 58.7 Å². The molecule has 0 aliphatic rings. The summed E-state index contributed by atoms with van der Waals surface area (Å²) >= 11 is 11.6. The second-order valence-corrected chi connectivity index (χ2v) is 6.06. The average molecular weight is 391 g/mol. The van der Waals surface area contributed by atoms with Crippen molar-refractivity contribution in [2.75, 3.05) is 0 Å². The fraction of sp³-hybridized carbons (Fsp3) is 0.111. The molecule has 0 saturated heterocycles. The number of hydrogen-bond acceptors (Lipinski definition) is 4. The van der Waals surface area contributed by atoms with Crippen LogP contribution in [-0.4, -0.2) is 24.2 Å². The molecule has 2 amide bonds. The van der Waals surface area contributed by atoms with Gasteiger partial charge in [0.1, 0.15) is 0 Å².